The Kier molecular flexibility index (Phi) is 37.3. The van der Waals surface area contributed by atoms with Crippen LogP contribution in [0.2, 0.25) is 0 Å². The molecule has 8 heterocycles. The Labute approximate surface area is 686 Å². The third-order valence-electron chi connectivity index (χ3n) is 19.6. The van der Waals surface area contributed by atoms with E-state index in [-0.39, 0.29) is 36.1 Å². The Morgan fingerprint density at radius 1 is 0.475 bits per heavy atom. The summed E-state index contributed by atoms with van der Waals surface area (Å²) in [6, 6.07) is 27.3. The zero-order chi connectivity index (χ0) is 87.0. The van der Waals surface area contributed by atoms with Gasteiger partial charge in [-0.1, -0.05) is 75.4 Å². The average Bonchev–Trinajstić information content (AvgIpc) is 1.23. The Bertz CT molecular complexity index is 4400. The molecule has 1 amide bonds. The zero-order valence-corrected chi connectivity index (χ0v) is 70.2. The Morgan fingerprint density at radius 3 is 1.05 bits per heavy atom. The molecule has 0 bridgehead atoms. The van der Waals surface area contributed by atoms with Gasteiger partial charge in [0.05, 0.1) is 90.0 Å². The summed E-state index contributed by atoms with van der Waals surface area (Å²) in [6.45, 7) is 19.8. The number of benzene rings is 3. The number of rotatable bonds is 30. The Balaban J connectivity index is 0.000000204. The molecule has 0 saturated carbocycles. The number of amides is 1. The quantitative estimate of drug-likeness (QED) is 0.0228. The first-order valence-corrected chi connectivity index (χ1v) is 39.0. The van der Waals surface area contributed by atoms with Crippen LogP contribution in [0.25, 0.3) is 0 Å². The molecule has 118 heavy (non-hydrogen) atoms. The third-order valence-corrected chi connectivity index (χ3v) is 20.3. The van der Waals surface area contributed by atoms with Crippen LogP contribution >= 0.6 is 11.6 Å². The molecule has 36 nitrogen and oxygen atoms in total. The van der Waals surface area contributed by atoms with Gasteiger partial charge in [-0.2, -0.15) is 4.98 Å². The van der Waals surface area contributed by atoms with Crippen LogP contribution in [0.3, 0.4) is 0 Å². The second kappa shape index (κ2) is 45.6. The predicted octanol–water partition coefficient (Wildman–Crippen LogP) is 3.91. The van der Waals surface area contributed by atoms with Crippen molar-refractivity contribution in [1.82, 2.24) is 38.2 Å². The van der Waals surface area contributed by atoms with E-state index >= 15 is 0 Å². The van der Waals surface area contributed by atoms with Crippen molar-refractivity contribution in [2.45, 2.75) is 223 Å². The van der Waals surface area contributed by atoms with Gasteiger partial charge in [-0.25, -0.2) is 19.2 Å². The molecule has 4 aromatic heterocycles. The fraction of sp³-hybridized carbons (Fsp3) is 0.568. The monoisotopic (exact) mass is 1680 g/mol. The van der Waals surface area contributed by atoms with E-state index in [2.05, 4.69) is 25.3 Å². The van der Waals surface area contributed by atoms with Gasteiger partial charge in [0.25, 0.3) is 16.7 Å². The summed E-state index contributed by atoms with van der Waals surface area (Å²) in [7, 11) is 9.51. The number of methoxy groups -OCH3 is 6. The van der Waals surface area contributed by atoms with Gasteiger partial charge in [0.15, 0.2) is 24.9 Å². The molecule has 0 aliphatic carbocycles. The summed E-state index contributed by atoms with van der Waals surface area (Å²) >= 11 is 7.22. The highest BCUT2D eigenvalue weighted by molar-refractivity contribution is 6.28. The maximum absolute atomic E-state index is 12.3. The highest BCUT2D eigenvalue weighted by atomic mass is 35.5. The molecule has 652 valence electrons. The van der Waals surface area contributed by atoms with E-state index in [0.717, 1.165) is 32.8 Å². The van der Waals surface area contributed by atoms with Gasteiger partial charge < -0.3 is 97.2 Å². The van der Waals surface area contributed by atoms with Crippen molar-refractivity contribution in [3.63, 3.8) is 0 Å². The summed E-state index contributed by atoms with van der Waals surface area (Å²) in [5.41, 5.74) is 0.224. The number of aliphatic hydroxyl groups is 5. The van der Waals surface area contributed by atoms with Crippen LogP contribution in [-0.2, 0) is 66.5 Å². The molecule has 7 aromatic rings. The summed E-state index contributed by atoms with van der Waals surface area (Å²) < 4.78 is 81.8. The zero-order valence-electron chi connectivity index (χ0n) is 69.4. The lowest BCUT2D eigenvalue weighted by Crippen LogP contribution is -2.41. The standard InChI is InChI=1S/C21H19ClO2.C16H25N3O6.2C15H24N2O6.C14H22N2O7/c1-23-19-12-8-17(9-13-19)21(22,16-6-4-3-5-7-16)18-10-14-20(24-2)15-11-18;1-5-11-13(21)14(24-9(2)8-23-4)15(25-11)19-7-6-12(17-10(3)20)18-16(19)22;2*1-5-10-11(18)12(22-9(3)7-21-4)14(23-10)17-6-8(2)13(19)16-15(17)20;1-7-4-16(14(20)15-12(7)19)13-11(22-8(2)6-21-3)10(18)9(5-17)23-13/h3-15H,1-2H3;6-7,9,11,13-15,21H,5,8H2,1-4H3,(H,17,18,20,22);2*6,9-12,14,18H,5,7H2,1-4H3,(H,16,19,20);4,8-11,13,17-18H,5-6H2,1-3H3,(H,15,19,20)/t;9?,11-,13?,14+,15-;2*9?,10-,11?,12+,14-;8?,9-,10?,11+,13-/m.1111/s1. The van der Waals surface area contributed by atoms with Crippen molar-refractivity contribution < 1.29 is 96.6 Å². The number of carbonyl (C=O) groups excluding carboxylic acids is 1. The summed E-state index contributed by atoms with van der Waals surface area (Å²) in [5, 5.41) is 53.4. The number of aryl methyl sites for hydroxylation is 3. The normalized spacial score (nSPS) is 24.9. The topological polar surface area (TPSA) is 459 Å². The maximum Gasteiger partial charge on any atom is 0.351 e. The molecule has 3 aromatic carbocycles. The summed E-state index contributed by atoms with van der Waals surface area (Å²) in [5.74, 6) is 1.45. The van der Waals surface area contributed by atoms with E-state index < -0.39 is 149 Å². The van der Waals surface area contributed by atoms with Crippen molar-refractivity contribution in [3.8, 4) is 11.5 Å². The van der Waals surface area contributed by atoms with Crippen molar-refractivity contribution >= 4 is 23.3 Å². The molecule has 0 spiro atoms. The molecule has 4 aliphatic heterocycles. The number of nitrogens with one attached hydrogen (secondary N) is 4. The van der Waals surface area contributed by atoms with E-state index in [1.807, 2.05) is 120 Å². The number of nitrogens with zero attached hydrogens (tertiary/aromatic N) is 5. The van der Waals surface area contributed by atoms with Crippen LogP contribution in [0, 0.1) is 20.8 Å². The van der Waals surface area contributed by atoms with E-state index in [4.69, 9.17) is 77.9 Å². The van der Waals surface area contributed by atoms with Crippen molar-refractivity contribution in [1.29, 1.82) is 0 Å². The van der Waals surface area contributed by atoms with Crippen molar-refractivity contribution in [3.05, 3.63) is 216 Å². The number of halogens is 1. The molecule has 11 rings (SSSR count). The lowest BCUT2D eigenvalue weighted by molar-refractivity contribution is -0.114. The second-order valence-electron chi connectivity index (χ2n) is 28.7. The molecule has 4 saturated heterocycles. The highest BCUT2D eigenvalue weighted by Gasteiger charge is 2.50. The smallest absolute Gasteiger partial charge is 0.351 e. The number of alkyl halides is 1. The first kappa shape index (κ1) is 96.4. The third kappa shape index (κ3) is 24.5. The average molecular weight is 1680 g/mol. The molecule has 4 fully saturated rings. The van der Waals surface area contributed by atoms with Gasteiger partial charge in [-0.05, 0) is 115 Å². The molecule has 20 atom stereocenters. The number of carbonyl (C=O) groups is 1. The Hall–Kier alpha value is -8.74. The number of anilines is 1. The molecule has 9 N–H and O–H groups in total. The summed E-state index contributed by atoms with van der Waals surface area (Å²) in [4.78, 5) is 104. The van der Waals surface area contributed by atoms with Crippen LogP contribution < -0.4 is 54.2 Å². The fourth-order valence-electron chi connectivity index (χ4n) is 13.7. The number of ether oxygens (including phenoxy) is 14. The van der Waals surface area contributed by atoms with E-state index in [1.54, 1.807) is 63.2 Å². The molecule has 0 radical (unpaired) electrons. The molecule has 8 unspecified atom stereocenters. The van der Waals surface area contributed by atoms with Crippen LogP contribution in [0.15, 0.2) is 143 Å². The largest absolute Gasteiger partial charge is 0.497 e. The molecule has 4 aliphatic rings. The van der Waals surface area contributed by atoms with E-state index in [0.29, 0.717) is 62.4 Å². The number of hydrogen-bond acceptors (Lipinski definition) is 28. The number of hydrogen-bond donors (Lipinski definition) is 9. The SMILES string of the molecule is CC[C@H]1O[C@@H](n2cc(C)c(=O)[nH]c2=O)[C@@H](OC(C)COC)C1O.CC[C@H]1O[C@@H](n2cc(C)c(=O)[nH]c2=O)[C@@H](OC(C)COC)C1O.CC[C@H]1O[C@@H](n2ccc(NC(C)=O)nc2=O)[C@@H](OC(C)COC)C1O.COCC(C)O[C@H]1C(O)[C@@H](CO)O[C@H]1n1cc(C)c(=O)[nH]c1=O.COc1ccc(C(Cl)(c2ccccc2)c2ccc(OC)cc2)cc1. The second-order valence-corrected chi connectivity index (χ2v) is 29.3. The highest BCUT2D eigenvalue weighted by Crippen LogP contribution is 2.44. The van der Waals surface area contributed by atoms with E-state index in [9.17, 15) is 63.9 Å². The van der Waals surface area contributed by atoms with Crippen molar-refractivity contribution in [2.75, 3.05) is 81.0 Å². The van der Waals surface area contributed by atoms with Crippen LogP contribution in [-0.4, -0.2) is 243 Å². The minimum atomic E-state index is -1.12. The predicted molar refractivity (Wildman–Crippen MR) is 432 cm³/mol. The van der Waals surface area contributed by atoms with Gasteiger partial charge in [0.1, 0.15) is 77.1 Å². The van der Waals surface area contributed by atoms with Crippen LogP contribution in [0.1, 0.15) is 133 Å². The minimum Gasteiger partial charge on any atom is -0.497 e. The molecular weight excluding hydrogens is 1570 g/mol. The van der Waals surface area contributed by atoms with E-state index in [1.165, 1.54) is 58.6 Å². The number of H-pyrrole nitrogens is 3. The maximum atomic E-state index is 12.3. The van der Waals surface area contributed by atoms with Gasteiger partial charge in [0.2, 0.25) is 5.91 Å². The number of aromatic amines is 3. The first-order valence-electron chi connectivity index (χ1n) is 38.6. The molecular formula is C81H114ClN9O27. The van der Waals surface area contributed by atoms with Crippen LogP contribution in [0.5, 0.6) is 11.5 Å². The minimum absolute atomic E-state index is 0.157. The van der Waals surface area contributed by atoms with Crippen molar-refractivity contribution in [2.24, 2.45) is 0 Å². The molecule has 37 heteroatoms. The van der Waals surface area contributed by atoms with Gasteiger partial charge >= 0.3 is 22.8 Å². The summed E-state index contributed by atoms with van der Waals surface area (Å²) in [6.07, 6.45) is -6.27. The first-order chi connectivity index (χ1) is 56.2. The van der Waals surface area contributed by atoms with Gasteiger partial charge in [-0.3, -0.25) is 52.4 Å². The number of aromatic nitrogens is 8. The van der Waals surface area contributed by atoms with Gasteiger partial charge in [-0.15, -0.1) is 11.6 Å². The Morgan fingerprint density at radius 2 is 0.771 bits per heavy atom. The number of aliphatic hydroxyl groups excluding tert-OH is 5. The lowest BCUT2D eigenvalue weighted by Gasteiger charge is -2.29. The fourth-order valence-corrected chi connectivity index (χ4v) is 14.1. The lowest BCUT2D eigenvalue weighted by atomic mass is 9.84. The van der Waals surface area contributed by atoms with Crippen LogP contribution in [0.4, 0.5) is 5.82 Å². The van der Waals surface area contributed by atoms with Gasteiger partial charge in [0, 0.05) is 76.8 Å².